The van der Waals surface area contributed by atoms with Crippen molar-refractivity contribution in [3.05, 3.63) is 35.9 Å². The van der Waals surface area contributed by atoms with Gasteiger partial charge in [0.2, 0.25) is 0 Å². The topological polar surface area (TPSA) is 20.3 Å². The van der Waals surface area contributed by atoms with Gasteiger partial charge in [-0.15, -0.1) is 11.5 Å². The Morgan fingerprint density at radius 1 is 0.962 bits per heavy atom. The highest BCUT2D eigenvalue weighted by molar-refractivity contribution is 6.90. The molecule has 1 aliphatic heterocycles. The molecule has 1 heterocycles. The molecule has 0 atom stereocenters. The average Bonchev–Trinajstić information content (AvgIpc) is 2.62. The fourth-order valence-electron chi connectivity index (χ4n) is 4.65. The second kappa shape index (κ2) is 8.91. The van der Waals surface area contributed by atoms with Crippen molar-refractivity contribution in [3.8, 4) is 11.5 Å². The highest BCUT2D eigenvalue weighted by Gasteiger charge is 2.41. The van der Waals surface area contributed by atoms with E-state index in [1.807, 2.05) is 35.2 Å². The lowest BCUT2D eigenvalue weighted by atomic mass is 9.97. The van der Waals surface area contributed by atoms with Crippen molar-refractivity contribution < 1.29 is 4.79 Å². The molecule has 2 nitrogen and oxygen atoms in total. The molecular weight excluding hydrogens is 334 g/mol. The van der Waals surface area contributed by atoms with E-state index in [1.165, 1.54) is 0 Å². The minimum Gasteiger partial charge on any atom is -0.339 e. The van der Waals surface area contributed by atoms with Crippen LogP contribution in [0.15, 0.2) is 30.3 Å². The number of hydrogen-bond acceptors (Lipinski definition) is 1. The molecule has 0 unspecified atom stereocenters. The van der Waals surface area contributed by atoms with E-state index in [-0.39, 0.29) is 5.91 Å². The number of carbonyl (C=O) groups excluding carboxylic acids is 1. The maximum atomic E-state index is 12.6. The van der Waals surface area contributed by atoms with E-state index in [9.17, 15) is 4.79 Å². The van der Waals surface area contributed by atoms with Crippen LogP contribution in [-0.4, -0.2) is 32.0 Å². The summed E-state index contributed by atoms with van der Waals surface area (Å²) in [5, 5.41) is 0. The van der Waals surface area contributed by atoms with Crippen molar-refractivity contribution in [1.29, 1.82) is 0 Å². The molecule has 0 saturated carbocycles. The van der Waals surface area contributed by atoms with Crippen LogP contribution in [0, 0.1) is 17.4 Å². The summed E-state index contributed by atoms with van der Waals surface area (Å²) in [5.74, 6) is 4.28. The quantitative estimate of drug-likeness (QED) is 0.488. The van der Waals surface area contributed by atoms with Gasteiger partial charge in [-0.3, -0.25) is 4.79 Å². The summed E-state index contributed by atoms with van der Waals surface area (Å²) in [6.45, 7) is 15.8. The van der Waals surface area contributed by atoms with Gasteiger partial charge in [0.15, 0.2) is 0 Å². The molecule has 142 valence electrons. The second-order valence-corrected chi connectivity index (χ2v) is 14.2. The number of amides is 1. The monoisotopic (exact) mass is 369 g/mol. The fraction of sp³-hybridized carbons (Fsp3) is 0.609. The highest BCUT2D eigenvalue weighted by atomic mass is 28.3. The van der Waals surface area contributed by atoms with E-state index < -0.39 is 8.07 Å². The van der Waals surface area contributed by atoms with Crippen molar-refractivity contribution >= 4 is 14.0 Å². The Bertz CT molecular complexity index is 624. The molecule has 0 aromatic heterocycles. The molecule has 1 aliphatic rings. The minimum absolute atomic E-state index is 0.160. The summed E-state index contributed by atoms with van der Waals surface area (Å²) in [5.41, 5.74) is 6.68. The summed E-state index contributed by atoms with van der Waals surface area (Å²) < 4.78 is 0. The number of nitrogens with zero attached hydrogens (tertiary/aromatic N) is 1. The van der Waals surface area contributed by atoms with E-state index in [0.717, 1.165) is 31.5 Å². The van der Waals surface area contributed by atoms with Gasteiger partial charge >= 0.3 is 0 Å². The number of benzene rings is 1. The maximum absolute atomic E-state index is 12.6. The number of carbonyl (C=O) groups is 1. The fourth-order valence-corrected chi connectivity index (χ4v) is 9.97. The molecule has 0 radical (unpaired) electrons. The molecule has 0 bridgehead atoms. The van der Waals surface area contributed by atoms with Crippen LogP contribution in [0.1, 0.15) is 64.7 Å². The summed E-state index contributed by atoms with van der Waals surface area (Å²) in [6.07, 6.45) is 2.01. The van der Waals surface area contributed by atoms with Crippen LogP contribution in [0.2, 0.25) is 16.6 Å². The van der Waals surface area contributed by atoms with Gasteiger partial charge in [0.05, 0.1) is 0 Å². The molecule has 1 aromatic carbocycles. The molecule has 1 saturated heterocycles. The Kier molecular flexibility index (Phi) is 7.12. The van der Waals surface area contributed by atoms with Crippen molar-refractivity contribution in [2.45, 2.75) is 71.0 Å². The largest absolute Gasteiger partial charge is 0.339 e. The third kappa shape index (κ3) is 4.41. The number of rotatable bonds is 4. The molecule has 0 N–H and O–H groups in total. The first kappa shape index (κ1) is 20.8. The molecule has 1 fully saturated rings. The summed E-state index contributed by atoms with van der Waals surface area (Å²) in [6, 6.07) is 9.62. The van der Waals surface area contributed by atoms with Gasteiger partial charge in [0.1, 0.15) is 8.07 Å². The van der Waals surface area contributed by atoms with Crippen LogP contribution in [0.4, 0.5) is 0 Å². The molecule has 2 rings (SSSR count). The van der Waals surface area contributed by atoms with E-state index >= 15 is 0 Å². The molecule has 0 aliphatic carbocycles. The van der Waals surface area contributed by atoms with Crippen molar-refractivity contribution in [2.75, 3.05) is 13.1 Å². The predicted molar refractivity (Wildman–Crippen MR) is 114 cm³/mol. The van der Waals surface area contributed by atoms with Crippen LogP contribution >= 0.6 is 0 Å². The van der Waals surface area contributed by atoms with Crippen LogP contribution in [-0.2, 0) is 0 Å². The molecular formula is C23H35NOSi. The summed E-state index contributed by atoms with van der Waals surface area (Å²) >= 11 is 0. The third-order valence-electron chi connectivity index (χ3n) is 6.16. The summed E-state index contributed by atoms with van der Waals surface area (Å²) in [4.78, 5) is 14.6. The van der Waals surface area contributed by atoms with Gasteiger partial charge in [-0.1, -0.05) is 59.7 Å². The first-order valence-electron chi connectivity index (χ1n) is 10.2. The van der Waals surface area contributed by atoms with Crippen LogP contribution < -0.4 is 0 Å². The van der Waals surface area contributed by atoms with Gasteiger partial charge in [0, 0.05) is 24.6 Å². The first-order valence-corrected chi connectivity index (χ1v) is 12.4. The zero-order valence-electron chi connectivity index (χ0n) is 17.4. The highest BCUT2D eigenvalue weighted by Crippen LogP contribution is 2.41. The van der Waals surface area contributed by atoms with Gasteiger partial charge < -0.3 is 4.90 Å². The van der Waals surface area contributed by atoms with Crippen molar-refractivity contribution in [3.63, 3.8) is 0 Å². The molecule has 1 aromatic rings. The maximum Gasteiger partial charge on any atom is 0.253 e. The SMILES string of the molecule is CC(C)[Si](C#CC1CCN(C(=O)c2ccccc2)CC1)(C(C)C)C(C)C. The lowest BCUT2D eigenvalue weighted by molar-refractivity contribution is 0.0708. The molecule has 0 spiro atoms. The van der Waals surface area contributed by atoms with Gasteiger partial charge in [-0.2, -0.15) is 0 Å². The number of hydrogen-bond donors (Lipinski definition) is 0. The van der Waals surface area contributed by atoms with E-state index in [4.69, 9.17) is 0 Å². The Balaban J connectivity index is 2.05. The van der Waals surface area contributed by atoms with E-state index in [1.54, 1.807) is 0 Å². The Labute approximate surface area is 161 Å². The summed E-state index contributed by atoms with van der Waals surface area (Å²) in [7, 11) is -1.64. The van der Waals surface area contributed by atoms with Crippen LogP contribution in [0.5, 0.6) is 0 Å². The van der Waals surface area contributed by atoms with Gasteiger partial charge in [-0.05, 0) is 41.6 Å². The minimum atomic E-state index is -1.64. The molecule has 1 amide bonds. The van der Waals surface area contributed by atoms with Crippen molar-refractivity contribution in [2.24, 2.45) is 5.92 Å². The first-order chi connectivity index (χ1) is 12.3. The Morgan fingerprint density at radius 2 is 1.46 bits per heavy atom. The smallest absolute Gasteiger partial charge is 0.253 e. The predicted octanol–water partition coefficient (Wildman–Crippen LogP) is 5.76. The Morgan fingerprint density at radius 3 is 1.92 bits per heavy atom. The Hall–Kier alpha value is -1.53. The zero-order chi connectivity index (χ0) is 19.3. The third-order valence-corrected chi connectivity index (χ3v) is 12.5. The molecule has 26 heavy (non-hydrogen) atoms. The normalized spacial score (nSPS) is 16.1. The van der Waals surface area contributed by atoms with Crippen LogP contribution in [0.3, 0.4) is 0 Å². The number of likely N-dealkylation sites (tertiary alicyclic amines) is 1. The lowest BCUT2D eigenvalue weighted by Crippen LogP contribution is -2.43. The number of piperidine rings is 1. The second-order valence-electron chi connectivity index (χ2n) is 8.60. The van der Waals surface area contributed by atoms with E-state index in [0.29, 0.717) is 22.5 Å². The standard InChI is InChI=1S/C23H35NOSi/c1-18(2)26(19(3)4,20(5)6)17-14-21-12-15-24(16-13-21)23(25)22-10-8-7-9-11-22/h7-11,18-21H,12-13,15-16H2,1-6H3. The van der Waals surface area contributed by atoms with E-state index in [2.05, 4.69) is 53.0 Å². The lowest BCUT2D eigenvalue weighted by Gasteiger charge is -2.38. The van der Waals surface area contributed by atoms with Gasteiger partial charge in [0.25, 0.3) is 5.91 Å². The van der Waals surface area contributed by atoms with Crippen molar-refractivity contribution in [1.82, 2.24) is 4.90 Å². The average molecular weight is 370 g/mol. The van der Waals surface area contributed by atoms with Crippen LogP contribution in [0.25, 0.3) is 0 Å². The zero-order valence-corrected chi connectivity index (χ0v) is 18.4. The molecule has 3 heteroatoms. The van der Waals surface area contributed by atoms with Gasteiger partial charge in [-0.25, -0.2) is 0 Å².